The van der Waals surface area contributed by atoms with Gasteiger partial charge >= 0.3 is 0 Å². The third-order valence-electron chi connectivity index (χ3n) is 4.69. The fourth-order valence-electron chi connectivity index (χ4n) is 3.06. The number of para-hydroxylation sites is 1. The van der Waals surface area contributed by atoms with E-state index in [9.17, 15) is 4.79 Å². The zero-order valence-electron chi connectivity index (χ0n) is 15.9. The first-order valence-electron chi connectivity index (χ1n) is 9.23. The third kappa shape index (κ3) is 5.03. The lowest BCUT2D eigenvalue weighted by molar-refractivity contribution is -0.130. The standard InChI is InChI=1S/C22H26N2O3/c1-24(14-15-27-19-12-10-18(26-2)11-13-19)22(25)9-5-6-17-16-23-21-8-4-3-7-20(17)21/h3-4,7-8,10-13,16,23H,5-6,9,14-15H2,1-2H3. The smallest absolute Gasteiger partial charge is 0.222 e. The Morgan fingerprint density at radius 2 is 1.81 bits per heavy atom. The summed E-state index contributed by atoms with van der Waals surface area (Å²) in [5.74, 6) is 1.72. The number of aromatic nitrogens is 1. The number of carbonyl (C=O) groups is 1. The van der Waals surface area contributed by atoms with E-state index in [1.807, 2.05) is 49.6 Å². The molecule has 0 aliphatic heterocycles. The molecule has 5 nitrogen and oxygen atoms in total. The van der Waals surface area contributed by atoms with Crippen LogP contribution in [-0.4, -0.2) is 43.1 Å². The first-order valence-corrected chi connectivity index (χ1v) is 9.23. The molecule has 1 N–H and O–H groups in total. The van der Waals surface area contributed by atoms with E-state index in [2.05, 4.69) is 17.1 Å². The van der Waals surface area contributed by atoms with Crippen molar-refractivity contribution >= 4 is 16.8 Å². The maximum Gasteiger partial charge on any atom is 0.222 e. The van der Waals surface area contributed by atoms with Crippen molar-refractivity contribution in [2.45, 2.75) is 19.3 Å². The molecule has 0 atom stereocenters. The lowest BCUT2D eigenvalue weighted by Crippen LogP contribution is -2.30. The molecule has 1 amide bonds. The zero-order valence-corrected chi connectivity index (χ0v) is 15.9. The molecule has 5 heteroatoms. The second-order valence-electron chi connectivity index (χ2n) is 6.55. The second kappa shape index (κ2) is 9.12. The molecule has 27 heavy (non-hydrogen) atoms. The fraction of sp³-hybridized carbons (Fsp3) is 0.318. The Hall–Kier alpha value is -2.95. The number of benzene rings is 2. The van der Waals surface area contributed by atoms with Gasteiger partial charge in [0.2, 0.25) is 5.91 Å². The quantitative estimate of drug-likeness (QED) is 0.622. The first-order chi connectivity index (χ1) is 13.2. The second-order valence-corrected chi connectivity index (χ2v) is 6.55. The number of H-pyrrole nitrogens is 1. The average Bonchev–Trinajstić information content (AvgIpc) is 3.11. The van der Waals surface area contributed by atoms with Crippen LogP contribution in [0.2, 0.25) is 0 Å². The molecular weight excluding hydrogens is 340 g/mol. The number of nitrogens with zero attached hydrogens (tertiary/aromatic N) is 1. The van der Waals surface area contributed by atoms with Gasteiger partial charge in [-0.15, -0.1) is 0 Å². The van der Waals surface area contributed by atoms with Gasteiger partial charge in [0.05, 0.1) is 13.7 Å². The summed E-state index contributed by atoms with van der Waals surface area (Å²) in [6, 6.07) is 15.7. The van der Waals surface area contributed by atoms with Crippen molar-refractivity contribution in [3.63, 3.8) is 0 Å². The van der Waals surface area contributed by atoms with Gasteiger partial charge < -0.3 is 19.4 Å². The van der Waals surface area contributed by atoms with Gasteiger partial charge in [0.15, 0.2) is 0 Å². The molecule has 3 aromatic rings. The van der Waals surface area contributed by atoms with Crippen LogP contribution in [0.4, 0.5) is 0 Å². The fourth-order valence-corrected chi connectivity index (χ4v) is 3.06. The van der Waals surface area contributed by atoms with Gasteiger partial charge in [-0.25, -0.2) is 0 Å². The third-order valence-corrected chi connectivity index (χ3v) is 4.69. The number of nitrogens with one attached hydrogen (secondary N) is 1. The molecule has 0 spiro atoms. The number of likely N-dealkylation sites (N-methyl/N-ethyl adjacent to an activating group) is 1. The highest BCUT2D eigenvalue weighted by molar-refractivity contribution is 5.83. The van der Waals surface area contributed by atoms with Crippen molar-refractivity contribution < 1.29 is 14.3 Å². The summed E-state index contributed by atoms with van der Waals surface area (Å²) in [6.07, 6.45) is 4.32. The highest BCUT2D eigenvalue weighted by atomic mass is 16.5. The number of methoxy groups -OCH3 is 1. The monoisotopic (exact) mass is 366 g/mol. The number of hydrogen-bond acceptors (Lipinski definition) is 3. The molecule has 0 aliphatic carbocycles. The predicted molar refractivity (Wildman–Crippen MR) is 107 cm³/mol. The van der Waals surface area contributed by atoms with E-state index in [0.717, 1.165) is 29.9 Å². The van der Waals surface area contributed by atoms with Gasteiger partial charge in [-0.05, 0) is 48.7 Å². The molecular formula is C22H26N2O3. The molecule has 1 aromatic heterocycles. The van der Waals surface area contributed by atoms with Crippen molar-refractivity contribution in [1.82, 2.24) is 9.88 Å². The predicted octanol–water partition coefficient (Wildman–Crippen LogP) is 4.04. The van der Waals surface area contributed by atoms with Crippen molar-refractivity contribution in [3.05, 3.63) is 60.3 Å². The van der Waals surface area contributed by atoms with Crippen molar-refractivity contribution in [2.75, 3.05) is 27.3 Å². The minimum absolute atomic E-state index is 0.146. The Labute approximate surface area is 159 Å². The van der Waals surface area contributed by atoms with E-state index in [1.165, 1.54) is 10.9 Å². The molecule has 0 aliphatic rings. The SMILES string of the molecule is COc1ccc(OCCN(C)C(=O)CCCc2c[nH]c3ccccc23)cc1. The summed E-state index contributed by atoms with van der Waals surface area (Å²) in [7, 11) is 3.46. The Morgan fingerprint density at radius 1 is 1.07 bits per heavy atom. The van der Waals surface area contributed by atoms with Crippen LogP contribution in [-0.2, 0) is 11.2 Å². The van der Waals surface area contributed by atoms with E-state index < -0.39 is 0 Å². The van der Waals surface area contributed by atoms with Crippen LogP contribution < -0.4 is 9.47 Å². The summed E-state index contributed by atoms with van der Waals surface area (Å²) in [4.78, 5) is 17.3. The topological polar surface area (TPSA) is 54.6 Å². The van der Waals surface area contributed by atoms with E-state index in [4.69, 9.17) is 9.47 Å². The van der Waals surface area contributed by atoms with Crippen LogP contribution in [0.1, 0.15) is 18.4 Å². The van der Waals surface area contributed by atoms with E-state index >= 15 is 0 Å². The number of aryl methyl sites for hydroxylation is 1. The largest absolute Gasteiger partial charge is 0.497 e. The lowest BCUT2D eigenvalue weighted by Gasteiger charge is -2.17. The Bertz CT molecular complexity index is 871. The maximum atomic E-state index is 12.3. The van der Waals surface area contributed by atoms with Gasteiger partial charge in [-0.1, -0.05) is 18.2 Å². The number of amides is 1. The van der Waals surface area contributed by atoms with Crippen LogP contribution in [0.5, 0.6) is 11.5 Å². The number of aromatic amines is 1. The highest BCUT2D eigenvalue weighted by Crippen LogP contribution is 2.20. The summed E-state index contributed by atoms with van der Waals surface area (Å²) in [5.41, 5.74) is 2.41. The Balaban J connectivity index is 1.38. The van der Waals surface area contributed by atoms with Crippen LogP contribution in [0.3, 0.4) is 0 Å². The summed E-state index contributed by atoms with van der Waals surface area (Å²) >= 11 is 0. The van der Waals surface area contributed by atoms with Crippen molar-refractivity contribution in [1.29, 1.82) is 0 Å². The first kappa shape index (κ1) is 18.8. The van der Waals surface area contributed by atoms with Gasteiger partial charge in [0.25, 0.3) is 0 Å². The number of rotatable bonds is 9. The summed E-state index contributed by atoms with van der Waals surface area (Å²) < 4.78 is 10.8. The molecule has 2 aromatic carbocycles. The van der Waals surface area contributed by atoms with Crippen LogP contribution >= 0.6 is 0 Å². The van der Waals surface area contributed by atoms with E-state index in [-0.39, 0.29) is 5.91 Å². The van der Waals surface area contributed by atoms with Gasteiger partial charge in [0, 0.05) is 30.6 Å². The lowest BCUT2D eigenvalue weighted by atomic mass is 10.1. The van der Waals surface area contributed by atoms with E-state index in [1.54, 1.807) is 12.0 Å². The zero-order chi connectivity index (χ0) is 19.1. The molecule has 142 valence electrons. The number of fused-ring (bicyclic) bond motifs is 1. The van der Waals surface area contributed by atoms with Crippen molar-refractivity contribution in [3.8, 4) is 11.5 Å². The summed E-state index contributed by atoms with van der Waals surface area (Å²) in [5, 5.41) is 1.24. The molecule has 0 fully saturated rings. The van der Waals surface area contributed by atoms with E-state index in [0.29, 0.717) is 19.6 Å². The van der Waals surface area contributed by atoms with Crippen LogP contribution in [0.25, 0.3) is 10.9 Å². The normalized spacial score (nSPS) is 10.7. The number of hydrogen-bond donors (Lipinski definition) is 1. The Morgan fingerprint density at radius 3 is 2.59 bits per heavy atom. The molecule has 0 unspecified atom stereocenters. The number of ether oxygens (including phenoxy) is 2. The molecule has 3 rings (SSSR count). The van der Waals surface area contributed by atoms with Gasteiger partial charge in [-0.3, -0.25) is 4.79 Å². The highest BCUT2D eigenvalue weighted by Gasteiger charge is 2.10. The maximum absolute atomic E-state index is 12.3. The molecule has 0 radical (unpaired) electrons. The minimum atomic E-state index is 0.146. The molecule has 1 heterocycles. The van der Waals surface area contributed by atoms with Crippen LogP contribution in [0.15, 0.2) is 54.7 Å². The number of carbonyl (C=O) groups excluding carboxylic acids is 1. The molecule has 0 saturated heterocycles. The van der Waals surface area contributed by atoms with Crippen LogP contribution in [0, 0.1) is 0 Å². The minimum Gasteiger partial charge on any atom is -0.497 e. The Kier molecular flexibility index (Phi) is 6.36. The van der Waals surface area contributed by atoms with Gasteiger partial charge in [0.1, 0.15) is 18.1 Å². The summed E-state index contributed by atoms with van der Waals surface area (Å²) in [6.45, 7) is 1.04. The average molecular weight is 366 g/mol. The molecule has 0 bridgehead atoms. The molecule has 0 saturated carbocycles. The van der Waals surface area contributed by atoms with Crippen molar-refractivity contribution in [2.24, 2.45) is 0 Å². The van der Waals surface area contributed by atoms with Gasteiger partial charge in [-0.2, -0.15) is 0 Å².